The molecule has 1 saturated heterocycles. The highest BCUT2D eigenvalue weighted by molar-refractivity contribution is 5.88. The van der Waals surface area contributed by atoms with E-state index in [9.17, 15) is 9.59 Å². The van der Waals surface area contributed by atoms with Crippen LogP contribution in [-0.2, 0) is 20.7 Å². The average Bonchev–Trinajstić information content (AvgIpc) is 2.73. The minimum absolute atomic E-state index is 0.0407. The van der Waals surface area contributed by atoms with Gasteiger partial charge in [0.1, 0.15) is 0 Å². The summed E-state index contributed by atoms with van der Waals surface area (Å²) in [5.41, 5.74) is 1.95. The molecule has 0 spiro atoms. The maximum absolute atomic E-state index is 12.9. The second-order valence-corrected chi connectivity index (χ2v) is 7.41. The first-order valence-electron chi connectivity index (χ1n) is 9.60. The Morgan fingerprint density at radius 3 is 2.61 bits per heavy atom. The van der Waals surface area contributed by atoms with E-state index in [2.05, 4.69) is 10.3 Å². The van der Waals surface area contributed by atoms with Gasteiger partial charge in [0, 0.05) is 38.3 Å². The highest BCUT2D eigenvalue weighted by Gasteiger charge is 2.45. The van der Waals surface area contributed by atoms with Crippen LogP contribution >= 0.6 is 0 Å². The fraction of sp³-hybridized carbons (Fsp3) is 0.409. The molecular formula is C22H27N3O3. The van der Waals surface area contributed by atoms with Crippen LogP contribution in [0.1, 0.15) is 19.4 Å². The molecule has 0 bridgehead atoms. The Bertz CT molecular complexity index is 838. The number of pyridine rings is 1. The summed E-state index contributed by atoms with van der Waals surface area (Å²) in [5.74, 6) is -0.290. The summed E-state index contributed by atoms with van der Waals surface area (Å²) in [6.07, 6.45) is 3.88. The summed E-state index contributed by atoms with van der Waals surface area (Å²) in [7, 11) is 1.60. The Morgan fingerprint density at radius 2 is 1.93 bits per heavy atom. The predicted molar refractivity (Wildman–Crippen MR) is 108 cm³/mol. The van der Waals surface area contributed by atoms with Crippen LogP contribution in [0.4, 0.5) is 0 Å². The van der Waals surface area contributed by atoms with Crippen molar-refractivity contribution in [3.63, 3.8) is 0 Å². The topological polar surface area (TPSA) is 71.5 Å². The molecule has 6 heteroatoms. The summed E-state index contributed by atoms with van der Waals surface area (Å²) in [6.45, 7) is 4.83. The number of morpholine rings is 1. The fourth-order valence-electron chi connectivity index (χ4n) is 3.69. The fourth-order valence-corrected chi connectivity index (χ4v) is 3.69. The van der Waals surface area contributed by atoms with Crippen molar-refractivity contribution in [1.29, 1.82) is 0 Å². The Morgan fingerprint density at radius 1 is 1.21 bits per heavy atom. The van der Waals surface area contributed by atoms with Crippen LogP contribution in [0.15, 0.2) is 48.8 Å². The van der Waals surface area contributed by atoms with E-state index in [0.717, 1.165) is 16.7 Å². The summed E-state index contributed by atoms with van der Waals surface area (Å²) in [4.78, 5) is 31.3. The van der Waals surface area contributed by atoms with Crippen molar-refractivity contribution < 1.29 is 14.3 Å². The molecule has 0 aliphatic carbocycles. The van der Waals surface area contributed by atoms with Crippen molar-refractivity contribution in [3.8, 4) is 11.1 Å². The first-order chi connectivity index (χ1) is 13.5. The number of nitrogens with zero attached hydrogens (tertiary/aromatic N) is 2. The maximum atomic E-state index is 12.9. The van der Waals surface area contributed by atoms with Crippen LogP contribution in [0.25, 0.3) is 11.1 Å². The summed E-state index contributed by atoms with van der Waals surface area (Å²) < 4.78 is 6.05. The lowest BCUT2D eigenvalue weighted by Crippen LogP contribution is -2.62. The van der Waals surface area contributed by atoms with Gasteiger partial charge in [-0.15, -0.1) is 0 Å². The molecule has 0 saturated carbocycles. The lowest BCUT2D eigenvalue weighted by Gasteiger charge is -2.42. The van der Waals surface area contributed by atoms with E-state index in [1.54, 1.807) is 24.3 Å². The Hall–Kier alpha value is -2.73. The zero-order chi connectivity index (χ0) is 20.1. The van der Waals surface area contributed by atoms with E-state index >= 15 is 0 Å². The van der Waals surface area contributed by atoms with Crippen molar-refractivity contribution in [1.82, 2.24) is 15.2 Å². The molecule has 1 aliphatic heterocycles. The molecule has 1 unspecified atom stereocenters. The molecule has 0 radical (unpaired) electrons. The van der Waals surface area contributed by atoms with Crippen LogP contribution in [0.3, 0.4) is 0 Å². The molecule has 2 aromatic rings. The number of aromatic nitrogens is 1. The quantitative estimate of drug-likeness (QED) is 0.863. The monoisotopic (exact) mass is 381 g/mol. The molecule has 3 rings (SSSR count). The van der Waals surface area contributed by atoms with Gasteiger partial charge in [0.15, 0.2) is 5.60 Å². The van der Waals surface area contributed by atoms with Gasteiger partial charge < -0.3 is 15.0 Å². The van der Waals surface area contributed by atoms with Gasteiger partial charge in [-0.1, -0.05) is 38.1 Å². The molecule has 1 aliphatic rings. The van der Waals surface area contributed by atoms with Crippen molar-refractivity contribution in [2.75, 3.05) is 26.7 Å². The third-order valence-corrected chi connectivity index (χ3v) is 5.12. The highest BCUT2D eigenvalue weighted by Crippen LogP contribution is 2.30. The number of carbonyl (C=O) groups is 2. The average molecular weight is 381 g/mol. The second-order valence-electron chi connectivity index (χ2n) is 7.41. The first kappa shape index (κ1) is 20.0. The predicted octanol–water partition coefficient (Wildman–Crippen LogP) is 2.29. The maximum Gasteiger partial charge on any atom is 0.254 e. The third-order valence-electron chi connectivity index (χ3n) is 5.12. The van der Waals surface area contributed by atoms with Crippen LogP contribution in [0.2, 0.25) is 0 Å². The van der Waals surface area contributed by atoms with Crippen LogP contribution in [0, 0.1) is 5.92 Å². The van der Waals surface area contributed by atoms with Gasteiger partial charge in [0.2, 0.25) is 5.91 Å². The number of nitrogens with one attached hydrogen (secondary N) is 1. The van der Waals surface area contributed by atoms with Crippen LogP contribution in [-0.4, -0.2) is 54.0 Å². The van der Waals surface area contributed by atoms with Gasteiger partial charge in [0.05, 0.1) is 13.2 Å². The second kappa shape index (κ2) is 8.52. The molecular weight excluding hydrogens is 354 g/mol. The molecule has 2 heterocycles. The van der Waals surface area contributed by atoms with E-state index in [1.165, 1.54) is 0 Å². The van der Waals surface area contributed by atoms with Gasteiger partial charge in [0.25, 0.3) is 5.91 Å². The molecule has 1 aromatic carbocycles. The number of benzene rings is 1. The SMILES string of the molecule is CNC(=O)C1(Cc2ccccc2-c2ccncc2)CN(C(=O)C(C)C)CCO1. The molecule has 1 N–H and O–H groups in total. The molecule has 2 amide bonds. The number of hydrogen-bond donors (Lipinski definition) is 1. The first-order valence-corrected chi connectivity index (χ1v) is 9.60. The Balaban J connectivity index is 1.97. The van der Waals surface area contributed by atoms with Gasteiger partial charge in [-0.25, -0.2) is 0 Å². The van der Waals surface area contributed by atoms with Crippen molar-refractivity contribution >= 4 is 11.8 Å². The summed E-state index contributed by atoms with van der Waals surface area (Å²) in [5, 5.41) is 2.73. The lowest BCUT2D eigenvalue weighted by atomic mass is 9.87. The number of ether oxygens (including phenoxy) is 1. The van der Waals surface area contributed by atoms with E-state index in [-0.39, 0.29) is 24.3 Å². The molecule has 1 aromatic heterocycles. The number of amides is 2. The zero-order valence-corrected chi connectivity index (χ0v) is 16.6. The number of hydrogen-bond acceptors (Lipinski definition) is 4. The number of carbonyl (C=O) groups excluding carboxylic acids is 2. The van der Waals surface area contributed by atoms with Gasteiger partial charge in [-0.2, -0.15) is 0 Å². The number of rotatable bonds is 5. The largest absolute Gasteiger partial charge is 0.361 e. The molecule has 6 nitrogen and oxygen atoms in total. The normalized spacial score (nSPS) is 19.5. The Kier molecular flexibility index (Phi) is 6.09. The van der Waals surface area contributed by atoms with E-state index < -0.39 is 5.60 Å². The van der Waals surface area contributed by atoms with Crippen LogP contribution in [0.5, 0.6) is 0 Å². The van der Waals surface area contributed by atoms with Crippen molar-refractivity contribution in [2.24, 2.45) is 5.92 Å². The van der Waals surface area contributed by atoms with Gasteiger partial charge >= 0.3 is 0 Å². The molecule has 1 fully saturated rings. The minimum atomic E-state index is -1.11. The van der Waals surface area contributed by atoms with Crippen molar-refractivity contribution in [3.05, 3.63) is 54.4 Å². The number of likely N-dealkylation sites (N-methyl/N-ethyl adjacent to an activating group) is 1. The van der Waals surface area contributed by atoms with Gasteiger partial charge in [-0.3, -0.25) is 14.6 Å². The van der Waals surface area contributed by atoms with Crippen molar-refractivity contribution in [2.45, 2.75) is 25.9 Å². The molecule has 1 atom stereocenters. The minimum Gasteiger partial charge on any atom is -0.361 e. The van der Waals surface area contributed by atoms with E-state index in [0.29, 0.717) is 19.6 Å². The molecule has 148 valence electrons. The molecule has 28 heavy (non-hydrogen) atoms. The standard InChI is InChI=1S/C22H27N3O3/c1-16(2)20(26)25-12-13-28-22(15-25,21(27)23-3)14-18-6-4-5-7-19(18)17-8-10-24-11-9-17/h4-11,16H,12-15H2,1-3H3,(H,23,27). The summed E-state index contributed by atoms with van der Waals surface area (Å²) >= 11 is 0. The smallest absolute Gasteiger partial charge is 0.254 e. The van der Waals surface area contributed by atoms with Gasteiger partial charge in [-0.05, 0) is 28.8 Å². The lowest BCUT2D eigenvalue weighted by molar-refractivity contribution is -0.167. The highest BCUT2D eigenvalue weighted by atomic mass is 16.5. The van der Waals surface area contributed by atoms with E-state index in [1.807, 2.05) is 50.2 Å². The van der Waals surface area contributed by atoms with Crippen LogP contribution < -0.4 is 5.32 Å². The third kappa shape index (κ3) is 4.07. The van der Waals surface area contributed by atoms with E-state index in [4.69, 9.17) is 4.74 Å². The Labute approximate surface area is 165 Å². The zero-order valence-electron chi connectivity index (χ0n) is 16.6. The summed E-state index contributed by atoms with van der Waals surface area (Å²) in [6, 6.07) is 11.9.